The average molecular weight is 346 g/mol. The van der Waals surface area contributed by atoms with Crippen LogP contribution in [0.2, 0.25) is 0 Å². The van der Waals surface area contributed by atoms with E-state index in [1.165, 1.54) is 7.11 Å². The van der Waals surface area contributed by atoms with Crippen LogP contribution in [0.25, 0.3) is 0 Å². The second-order valence-electron chi connectivity index (χ2n) is 4.77. The molecule has 0 fully saturated rings. The van der Waals surface area contributed by atoms with Crippen LogP contribution in [0.3, 0.4) is 0 Å². The molecule has 17 heavy (non-hydrogen) atoms. The first-order chi connectivity index (χ1) is 7.77. The zero-order valence-corrected chi connectivity index (χ0v) is 12.5. The van der Waals surface area contributed by atoms with E-state index in [1.54, 1.807) is 40.8 Å². The quantitative estimate of drug-likeness (QED) is 0.478. The van der Waals surface area contributed by atoms with Crippen molar-refractivity contribution in [1.29, 1.82) is 0 Å². The Bertz CT molecular complexity index is 458. The van der Waals surface area contributed by atoms with Gasteiger partial charge in [0.25, 0.3) is 0 Å². The molecule has 0 amide bonds. The van der Waals surface area contributed by atoms with Gasteiger partial charge in [-0.15, -0.1) is 0 Å². The summed E-state index contributed by atoms with van der Waals surface area (Å²) < 4.78 is 4.95. The summed E-state index contributed by atoms with van der Waals surface area (Å²) in [7, 11) is 1.50. The molecule has 0 aromatic heterocycles. The van der Waals surface area contributed by atoms with Gasteiger partial charge in [-0.05, 0) is 18.2 Å². The minimum atomic E-state index is -0.458. The fraction of sp³-hybridized carbons (Fsp3) is 0.385. The Morgan fingerprint density at radius 2 is 1.82 bits per heavy atom. The number of ether oxygens (including phenoxy) is 1. The van der Waals surface area contributed by atoms with Crippen LogP contribution in [0.1, 0.15) is 41.5 Å². The van der Waals surface area contributed by atoms with Crippen LogP contribution in [0.5, 0.6) is 5.75 Å². The predicted molar refractivity (Wildman–Crippen MR) is 75.1 cm³/mol. The number of hydrogen-bond acceptors (Lipinski definition) is 3. The molecule has 0 saturated carbocycles. The summed E-state index contributed by atoms with van der Waals surface area (Å²) in [5, 5.41) is 0. The molecule has 0 bridgehead atoms. The van der Waals surface area contributed by atoms with E-state index in [2.05, 4.69) is 0 Å². The lowest BCUT2D eigenvalue weighted by atomic mass is 9.86. The molecule has 0 radical (unpaired) electrons. The molecule has 1 aromatic carbocycles. The van der Waals surface area contributed by atoms with Gasteiger partial charge in [0, 0.05) is 33.6 Å². The Morgan fingerprint density at radius 1 is 1.24 bits per heavy atom. The first-order valence-electron chi connectivity index (χ1n) is 5.20. The maximum atomic E-state index is 12.1. The summed E-state index contributed by atoms with van der Waals surface area (Å²) in [6.07, 6.45) is 0. The molecular formula is C13H15IO3. The van der Waals surface area contributed by atoms with Crippen molar-refractivity contribution in [3.63, 3.8) is 0 Å². The van der Waals surface area contributed by atoms with Gasteiger partial charge in [0.05, 0.1) is 12.7 Å². The van der Waals surface area contributed by atoms with Crippen LogP contribution in [0.4, 0.5) is 0 Å². The SMILES string of the molecule is COc1ccc(C(=O)C(C)(C)C)cc1C(=O)I. The molecule has 3 nitrogen and oxygen atoms in total. The summed E-state index contributed by atoms with van der Waals surface area (Å²) in [6.45, 7) is 5.56. The minimum Gasteiger partial charge on any atom is -0.496 e. The molecule has 0 aliphatic carbocycles. The lowest BCUT2D eigenvalue weighted by Crippen LogP contribution is -2.20. The molecule has 0 spiro atoms. The van der Waals surface area contributed by atoms with E-state index >= 15 is 0 Å². The fourth-order valence-corrected chi connectivity index (χ4v) is 1.86. The van der Waals surface area contributed by atoms with Crippen molar-refractivity contribution < 1.29 is 14.3 Å². The van der Waals surface area contributed by atoms with Gasteiger partial charge in [-0.1, -0.05) is 20.8 Å². The van der Waals surface area contributed by atoms with Gasteiger partial charge in [0.15, 0.2) is 5.78 Å². The summed E-state index contributed by atoms with van der Waals surface area (Å²) in [6, 6.07) is 4.95. The van der Waals surface area contributed by atoms with E-state index in [-0.39, 0.29) is 9.57 Å². The van der Waals surface area contributed by atoms with Crippen molar-refractivity contribution >= 4 is 32.2 Å². The van der Waals surface area contributed by atoms with Crippen LogP contribution in [0.15, 0.2) is 18.2 Å². The van der Waals surface area contributed by atoms with Crippen LogP contribution in [-0.4, -0.2) is 16.7 Å². The molecule has 92 valence electrons. The Morgan fingerprint density at radius 3 is 2.24 bits per heavy atom. The van der Waals surface area contributed by atoms with Crippen LogP contribution < -0.4 is 4.74 Å². The summed E-state index contributed by atoms with van der Waals surface area (Å²) in [5.74, 6) is 0.508. The first kappa shape index (κ1) is 14.2. The number of benzene rings is 1. The molecule has 0 N–H and O–H groups in total. The number of carbonyl (C=O) groups is 2. The Hall–Kier alpha value is -0.910. The first-order valence-corrected chi connectivity index (χ1v) is 6.28. The molecule has 0 saturated heterocycles. The Labute approximate surface area is 115 Å². The second-order valence-corrected chi connectivity index (χ2v) is 5.75. The van der Waals surface area contributed by atoms with Gasteiger partial charge in [-0.3, -0.25) is 9.59 Å². The van der Waals surface area contributed by atoms with Gasteiger partial charge in [0.1, 0.15) is 5.75 Å². The lowest BCUT2D eigenvalue weighted by molar-refractivity contribution is 0.0858. The highest BCUT2D eigenvalue weighted by atomic mass is 127. The monoisotopic (exact) mass is 346 g/mol. The molecule has 1 rings (SSSR count). The van der Waals surface area contributed by atoms with Gasteiger partial charge >= 0.3 is 0 Å². The van der Waals surface area contributed by atoms with Gasteiger partial charge in [-0.25, -0.2) is 0 Å². The van der Waals surface area contributed by atoms with Gasteiger partial charge < -0.3 is 4.74 Å². The molecule has 0 atom stereocenters. The van der Waals surface area contributed by atoms with Crippen molar-refractivity contribution in [2.45, 2.75) is 20.8 Å². The molecule has 0 aliphatic rings. The van der Waals surface area contributed by atoms with E-state index in [0.717, 1.165) is 0 Å². The number of ketones is 1. The smallest absolute Gasteiger partial charge is 0.226 e. The molecule has 0 heterocycles. The molecule has 0 aliphatic heterocycles. The normalized spacial score (nSPS) is 11.1. The van der Waals surface area contributed by atoms with E-state index in [0.29, 0.717) is 16.9 Å². The van der Waals surface area contributed by atoms with Crippen molar-refractivity contribution in [1.82, 2.24) is 0 Å². The number of carbonyl (C=O) groups excluding carboxylic acids is 2. The highest BCUT2D eigenvalue weighted by Gasteiger charge is 2.24. The van der Waals surface area contributed by atoms with E-state index in [1.807, 2.05) is 20.8 Å². The average Bonchev–Trinajstić information content (AvgIpc) is 2.25. The third kappa shape index (κ3) is 3.28. The standard InChI is InChI=1S/C13H15IO3/c1-13(2,3)11(15)8-5-6-10(17-4)9(7-8)12(14)16/h5-7H,1-4H3. The van der Waals surface area contributed by atoms with Crippen molar-refractivity contribution in [2.75, 3.05) is 7.11 Å². The summed E-state index contributed by atoms with van der Waals surface area (Å²) in [4.78, 5) is 23.5. The van der Waals surface area contributed by atoms with Crippen molar-refractivity contribution in [3.8, 4) is 5.75 Å². The summed E-state index contributed by atoms with van der Waals surface area (Å²) in [5.41, 5.74) is 0.515. The fourth-order valence-electron chi connectivity index (χ4n) is 1.44. The zero-order chi connectivity index (χ0) is 13.2. The maximum absolute atomic E-state index is 12.1. The maximum Gasteiger partial charge on any atom is 0.226 e. The van der Waals surface area contributed by atoms with E-state index < -0.39 is 5.41 Å². The van der Waals surface area contributed by atoms with Crippen molar-refractivity contribution in [2.24, 2.45) is 5.41 Å². The number of methoxy groups -OCH3 is 1. The highest BCUT2D eigenvalue weighted by Crippen LogP contribution is 2.26. The Kier molecular flexibility index (Phi) is 4.30. The highest BCUT2D eigenvalue weighted by molar-refractivity contribution is 14.1. The Balaban J connectivity index is 3.26. The largest absolute Gasteiger partial charge is 0.496 e. The number of halogens is 1. The van der Waals surface area contributed by atoms with Gasteiger partial charge in [-0.2, -0.15) is 0 Å². The number of hydrogen-bond donors (Lipinski definition) is 0. The topological polar surface area (TPSA) is 43.4 Å². The lowest BCUT2D eigenvalue weighted by Gasteiger charge is -2.17. The number of Topliss-reactive ketones (excluding diaryl/α,β-unsaturated/α-hetero) is 1. The van der Waals surface area contributed by atoms with Gasteiger partial charge in [0.2, 0.25) is 3.79 Å². The molecule has 0 unspecified atom stereocenters. The minimum absolute atomic E-state index is 0.0130. The third-order valence-corrected chi connectivity index (χ3v) is 2.94. The third-order valence-electron chi connectivity index (χ3n) is 2.35. The molecule has 1 aromatic rings. The van der Waals surface area contributed by atoms with Crippen LogP contribution in [-0.2, 0) is 0 Å². The van der Waals surface area contributed by atoms with Crippen LogP contribution >= 0.6 is 22.6 Å². The molecular weight excluding hydrogens is 331 g/mol. The van der Waals surface area contributed by atoms with E-state index in [9.17, 15) is 9.59 Å². The van der Waals surface area contributed by atoms with E-state index in [4.69, 9.17) is 4.74 Å². The summed E-state index contributed by atoms with van der Waals surface area (Å²) >= 11 is 1.69. The number of rotatable bonds is 3. The molecule has 4 heteroatoms. The zero-order valence-electron chi connectivity index (χ0n) is 10.3. The predicted octanol–water partition coefficient (Wildman–Crippen LogP) is 3.50. The van der Waals surface area contributed by atoms with Crippen molar-refractivity contribution in [3.05, 3.63) is 29.3 Å². The van der Waals surface area contributed by atoms with Crippen LogP contribution in [0, 0.1) is 5.41 Å². The second kappa shape index (κ2) is 5.16.